The molecule has 1 N–H and O–H groups in total. The summed E-state index contributed by atoms with van der Waals surface area (Å²) >= 11 is 0. The molecule has 2 atom stereocenters. The van der Waals surface area contributed by atoms with Gasteiger partial charge < -0.3 is 15.0 Å². The van der Waals surface area contributed by atoms with Crippen molar-refractivity contribution in [3.63, 3.8) is 0 Å². The number of rotatable bonds is 5. The molecular formula is C19H27ClF2N2O2. The summed E-state index contributed by atoms with van der Waals surface area (Å²) in [7, 11) is 0. The number of nitrogens with one attached hydrogen (secondary N) is 1. The van der Waals surface area contributed by atoms with E-state index < -0.39 is 6.61 Å². The fraction of sp³-hybridized carbons (Fsp3) is 0.632. The summed E-state index contributed by atoms with van der Waals surface area (Å²) in [6, 6.07) is 4.89. The molecule has 1 fully saturated rings. The molecule has 1 aromatic rings. The van der Waals surface area contributed by atoms with E-state index >= 15 is 0 Å². The molecular weight excluding hydrogens is 362 g/mol. The van der Waals surface area contributed by atoms with Crippen molar-refractivity contribution in [2.75, 3.05) is 24.5 Å². The number of alkyl halides is 2. The first-order valence-corrected chi connectivity index (χ1v) is 9.13. The van der Waals surface area contributed by atoms with Gasteiger partial charge in [-0.15, -0.1) is 12.4 Å². The molecule has 0 spiro atoms. The van der Waals surface area contributed by atoms with Gasteiger partial charge in [0.05, 0.1) is 0 Å². The lowest BCUT2D eigenvalue weighted by molar-refractivity contribution is -0.119. The van der Waals surface area contributed by atoms with Crippen LogP contribution in [0.2, 0.25) is 0 Å². The van der Waals surface area contributed by atoms with Gasteiger partial charge in [-0.2, -0.15) is 8.78 Å². The van der Waals surface area contributed by atoms with Crippen molar-refractivity contribution in [1.82, 2.24) is 5.32 Å². The van der Waals surface area contributed by atoms with Crippen LogP contribution in [0.1, 0.15) is 38.2 Å². The molecule has 2 aliphatic heterocycles. The summed E-state index contributed by atoms with van der Waals surface area (Å²) in [6.07, 6.45) is 4.49. The van der Waals surface area contributed by atoms with Crippen molar-refractivity contribution >= 4 is 24.0 Å². The zero-order chi connectivity index (χ0) is 17.8. The smallest absolute Gasteiger partial charge is 0.387 e. The molecule has 7 heteroatoms. The number of benzene rings is 1. The fourth-order valence-electron chi connectivity index (χ4n) is 3.93. The number of hydrogen-bond donors (Lipinski definition) is 1. The summed E-state index contributed by atoms with van der Waals surface area (Å²) in [5, 5.41) is 3.41. The zero-order valence-electron chi connectivity index (χ0n) is 15.0. The highest BCUT2D eigenvalue weighted by molar-refractivity contribution is 5.94. The lowest BCUT2D eigenvalue weighted by Gasteiger charge is -2.33. The molecule has 0 saturated carbocycles. The van der Waals surface area contributed by atoms with Gasteiger partial charge >= 0.3 is 6.61 Å². The van der Waals surface area contributed by atoms with Crippen LogP contribution in [0.5, 0.6) is 5.75 Å². The molecule has 0 aromatic heterocycles. The Bertz CT molecular complexity index is 609. The Morgan fingerprint density at radius 3 is 2.88 bits per heavy atom. The average Bonchev–Trinajstić information content (AvgIpc) is 2.61. The van der Waals surface area contributed by atoms with E-state index in [1.165, 1.54) is 18.9 Å². The van der Waals surface area contributed by atoms with E-state index in [0.29, 0.717) is 24.8 Å². The molecule has 0 radical (unpaired) electrons. The lowest BCUT2D eigenvalue weighted by atomic mass is 9.85. The minimum Gasteiger partial charge on any atom is -0.435 e. The highest BCUT2D eigenvalue weighted by atomic mass is 35.5. The number of halogens is 3. The summed E-state index contributed by atoms with van der Waals surface area (Å²) < 4.78 is 29.2. The number of aryl methyl sites for hydroxylation is 1. The van der Waals surface area contributed by atoms with Crippen molar-refractivity contribution < 1.29 is 18.3 Å². The summed E-state index contributed by atoms with van der Waals surface area (Å²) in [5.41, 5.74) is 1.75. The van der Waals surface area contributed by atoms with Gasteiger partial charge in [-0.25, -0.2) is 0 Å². The van der Waals surface area contributed by atoms with Crippen LogP contribution < -0.4 is 15.0 Å². The van der Waals surface area contributed by atoms with E-state index in [2.05, 4.69) is 17.0 Å². The Labute approximate surface area is 159 Å². The number of hydrogen-bond acceptors (Lipinski definition) is 3. The average molecular weight is 389 g/mol. The molecule has 1 saturated heterocycles. The van der Waals surface area contributed by atoms with Crippen molar-refractivity contribution in [1.29, 1.82) is 0 Å². The van der Waals surface area contributed by atoms with Crippen LogP contribution in [0, 0.1) is 11.8 Å². The number of amides is 1. The van der Waals surface area contributed by atoms with Gasteiger partial charge in [0.25, 0.3) is 0 Å². The standard InChI is InChI=1S/C19H26F2N2O2.ClH/c1-13(15-4-2-8-22-12-15)10-18(24)23-9-3-5-14-11-16(25-19(20)21)6-7-17(14)23;/h6-7,11,13,15,19,22H,2-5,8-10,12H2,1H3;1H. The van der Waals surface area contributed by atoms with E-state index in [1.807, 2.05) is 4.90 Å². The van der Waals surface area contributed by atoms with Crippen molar-refractivity contribution in [3.8, 4) is 5.75 Å². The van der Waals surface area contributed by atoms with Crippen molar-refractivity contribution in [2.24, 2.45) is 11.8 Å². The Hall–Kier alpha value is -1.40. The van der Waals surface area contributed by atoms with Gasteiger partial charge in [0.15, 0.2) is 0 Å². The number of fused-ring (bicyclic) bond motifs is 1. The minimum atomic E-state index is -2.83. The molecule has 0 aliphatic carbocycles. The molecule has 26 heavy (non-hydrogen) atoms. The first-order valence-electron chi connectivity index (χ1n) is 9.13. The van der Waals surface area contributed by atoms with E-state index in [9.17, 15) is 13.6 Å². The predicted molar refractivity (Wildman–Crippen MR) is 100 cm³/mol. The lowest BCUT2D eigenvalue weighted by Crippen LogP contribution is -2.39. The summed E-state index contributed by atoms with van der Waals surface area (Å²) in [4.78, 5) is 14.6. The molecule has 3 rings (SSSR count). The van der Waals surface area contributed by atoms with E-state index in [-0.39, 0.29) is 24.1 Å². The van der Waals surface area contributed by atoms with Crippen LogP contribution in [0.3, 0.4) is 0 Å². The molecule has 2 unspecified atom stereocenters. The second-order valence-corrected chi connectivity index (χ2v) is 7.11. The van der Waals surface area contributed by atoms with Crippen molar-refractivity contribution in [3.05, 3.63) is 23.8 Å². The number of carbonyl (C=O) groups is 1. The quantitative estimate of drug-likeness (QED) is 0.828. The molecule has 146 valence electrons. The number of anilines is 1. The van der Waals surface area contributed by atoms with E-state index in [4.69, 9.17) is 0 Å². The minimum absolute atomic E-state index is 0. The first kappa shape index (κ1) is 20.9. The van der Waals surface area contributed by atoms with Crippen LogP contribution in [-0.4, -0.2) is 32.2 Å². The Morgan fingerprint density at radius 2 is 2.19 bits per heavy atom. The number of carbonyl (C=O) groups excluding carboxylic acids is 1. The topological polar surface area (TPSA) is 41.6 Å². The fourth-order valence-corrected chi connectivity index (χ4v) is 3.93. The second-order valence-electron chi connectivity index (χ2n) is 7.11. The molecule has 2 aliphatic rings. The highest BCUT2D eigenvalue weighted by Crippen LogP contribution is 2.32. The second kappa shape index (κ2) is 9.51. The maximum atomic E-state index is 12.8. The van der Waals surface area contributed by atoms with Crippen molar-refractivity contribution in [2.45, 2.75) is 45.6 Å². The largest absolute Gasteiger partial charge is 0.435 e. The molecule has 0 bridgehead atoms. The third-order valence-electron chi connectivity index (χ3n) is 5.33. The van der Waals surface area contributed by atoms with Crippen LogP contribution in [0.15, 0.2) is 18.2 Å². The number of ether oxygens (including phenoxy) is 1. The Kier molecular flexibility index (Phi) is 7.65. The summed E-state index contributed by atoms with van der Waals surface area (Å²) in [6.45, 7) is 2.07. The predicted octanol–water partition coefficient (Wildman–Crippen LogP) is 4.01. The summed E-state index contributed by atoms with van der Waals surface area (Å²) in [5.74, 6) is 1.17. The first-order chi connectivity index (χ1) is 12.0. The van der Waals surface area contributed by atoms with Gasteiger partial charge in [0.2, 0.25) is 5.91 Å². The van der Waals surface area contributed by atoms with Crippen LogP contribution in [0.25, 0.3) is 0 Å². The third-order valence-corrected chi connectivity index (χ3v) is 5.33. The van der Waals surface area contributed by atoms with Gasteiger partial charge in [-0.05, 0) is 74.4 Å². The maximum absolute atomic E-state index is 12.8. The molecule has 2 heterocycles. The SMILES string of the molecule is CC(CC(=O)N1CCCc2cc(OC(F)F)ccc21)C1CCCNC1.Cl. The Morgan fingerprint density at radius 1 is 1.38 bits per heavy atom. The van der Waals surface area contributed by atoms with Gasteiger partial charge in [0.1, 0.15) is 5.75 Å². The van der Waals surface area contributed by atoms with Gasteiger partial charge in [-0.3, -0.25) is 4.79 Å². The highest BCUT2D eigenvalue weighted by Gasteiger charge is 2.27. The molecule has 1 amide bonds. The van der Waals surface area contributed by atoms with Gasteiger partial charge in [-0.1, -0.05) is 6.92 Å². The normalized spacial score (nSPS) is 20.9. The number of nitrogens with zero attached hydrogens (tertiary/aromatic N) is 1. The third kappa shape index (κ3) is 5.07. The Balaban J connectivity index is 0.00000243. The van der Waals surface area contributed by atoms with E-state index in [0.717, 1.165) is 37.2 Å². The van der Waals surface area contributed by atoms with Crippen LogP contribution in [-0.2, 0) is 11.2 Å². The molecule has 1 aromatic carbocycles. The molecule has 4 nitrogen and oxygen atoms in total. The zero-order valence-corrected chi connectivity index (χ0v) is 15.9. The monoisotopic (exact) mass is 388 g/mol. The van der Waals surface area contributed by atoms with Crippen LogP contribution >= 0.6 is 12.4 Å². The maximum Gasteiger partial charge on any atom is 0.387 e. The van der Waals surface area contributed by atoms with Crippen LogP contribution in [0.4, 0.5) is 14.5 Å². The van der Waals surface area contributed by atoms with Gasteiger partial charge in [0, 0.05) is 18.7 Å². The van der Waals surface area contributed by atoms with E-state index in [1.54, 1.807) is 12.1 Å². The number of piperidine rings is 1.